The zero-order chi connectivity index (χ0) is 14.5. The van der Waals surface area contributed by atoms with Gasteiger partial charge >= 0.3 is 0 Å². The molecule has 0 saturated heterocycles. The molecule has 0 spiro atoms. The van der Waals surface area contributed by atoms with Crippen molar-refractivity contribution in [3.63, 3.8) is 0 Å². The van der Waals surface area contributed by atoms with E-state index in [9.17, 15) is 4.79 Å². The van der Waals surface area contributed by atoms with E-state index in [4.69, 9.17) is 22.4 Å². The number of rotatable bonds is 4. The molecule has 2 aromatic rings. The first-order valence-corrected chi connectivity index (χ1v) is 6.50. The monoisotopic (exact) mass is 290 g/mol. The number of nitrogens with two attached hydrogens (primary N) is 1. The summed E-state index contributed by atoms with van der Waals surface area (Å²) < 4.78 is 0. The van der Waals surface area contributed by atoms with Gasteiger partial charge in [0.2, 0.25) is 0 Å². The van der Waals surface area contributed by atoms with Crippen LogP contribution in [-0.2, 0) is 13.2 Å². The minimum atomic E-state index is -0.306. The summed E-state index contributed by atoms with van der Waals surface area (Å²) in [5.41, 5.74) is 8.16. The molecule has 4 nitrogen and oxygen atoms in total. The van der Waals surface area contributed by atoms with Crippen molar-refractivity contribution in [1.82, 2.24) is 5.32 Å². The van der Waals surface area contributed by atoms with Gasteiger partial charge in [-0.3, -0.25) is 4.79 Å². The molecule has 0 unspecified atom stereocenters. The van der Waals surface area contributed by atoms with Gasteiger partial charge in [0, 0.05) is 12.2 Å². The molecule has 1 amide bonds. The van der Waals surface area contributed by atoms with Gasteiger partial charge in [0.15, 0.2) is 0 Å². The van der Waals surface area contributed by atoms with E-state index in [1.165, 1.54) is 0 Å². The summed E-state index contributed by atoms with van der Waals surface area (Å²) in [6.07, 6.45) is 0. The van der Waals surface area contributed by atoms with Crippen molar-refractivity contribution < 1.29 is 9.90 Å². The molecule has 4 N–H and O–H groups in total. The van der Waals surface area contributed by atoms with Crippen LogP contribution in [0.15, 0.2) is 42.5 Å². The lowest BCUT2D eigenvalue weighted by atomic mass is 10.1. The number of halogens is 1. The predicted octanol–water partition coefficient (Wildman–Crippen LogP) is 2.34. The van der Waals surface area contributed by atoms with Crippen LogP contribution in [-0.4, -0.2) is 11.0 Å². The summed E-state index contributed by atoms with van der Waals surface area (Å²) in [6.45, 7) is 0.373. The van der Waals surface area contributed by atoms with E-state index >= 15 is 0 Å². The van der Waals surface area contributed by atoms with Gasteiger partial charge in [0.1, 0.15) is 0 Å². The zero-order valence-electron chi connectivity index (χ0n) is 10.8. The molecule has 0 aliphatic carbocycles. The largest absolute Gasteiger partial charge is 0.398 e. The molecule has 0 aliphatic rings. The Morgan fingerprint density at radius 2 is 1.80 bits per heavy atom. The smallest absolute Gasteiger partial charge is 0.255 e. The molecule has 20 heavy (non-hydrogen) atoms. The van der Waals surface area contributed by atoms with Crippen LogP contribution in [0.1, 0.15) is 21.5 Å². The van der Waals surface area contributed by atoms with Crippen LogP contribution in [0.3, 0.4) is 0 Å². The molecule has 0 radical (unpaired) electrons. The third kappa shape index (κ3) is 3.29. The van der Waals surface area contributed by atoms with E-state index < -0.39 is 0 Å². The number of amides is 1. The number of benzene rings is 2. The number of carbonyl (C=O) groups is 1. The highest BCUT2D eigenvalue weighted by Gasteiger charge is 2.13. The van der Waals surface area contributed by atoms with E-state index in [0.717, 1.165) is 11.1 Å². The molecule has 2 rings (SSSR count). The van der Waals surface area contributed by atoms with Crippen molar-refractivity contribution >= 4 is 23.2 Å². The first-order chi connectivity index (χ1) is 9.61. The van der Waals surface area contributed by atoms with Crippen LogP contribution in [0, 0.1) is 0 Å². The SMILES string of the molecule is Nc1cccc(Cl)c1C(=O)NCc1ccc(CO)cc1. The van der Waals surface area contributed by atoms with Crippen molar-refractivity contribution in [1.29, 1.82) is 0 Å². The average molecular weight is 291 g/mol. The third-order valence-corrected chi connectivity index (χ3v) is 3.25. The Balaban J connectivity index is 2.05. The van der Waals surface area contributed by atoms with Gasteiger partial charge in [0.25, 0.3) is 5.91 Å². The summed E-state index contributed by atoms with van der Waals surface area (Å²) >= 11 is 5.98. The maximum atomic E-state index is 12.1. The highest BCUT2D eigenvalue weighted by atomic mass is 35.5. The van der Waals surface area contributed by atoms with Gasteiger partial charge in [-0.2, -0.15) is 0 Å². The van der Waals surface area contributed by atoms with Crippen molar-refractivity contribution in [2.24, 2.45) is 0 Å². The summed E-state index contributed by atoms with van der Waals surface area (Å²) in [5, 5.41) is 12.1. The van der Waals surface area contributed by atoms with Crippen LogP contribution in [0.5, 0.6) is 0 Å². The average Bonchev–Trinajstić information content (AvgIpc) is 2.45. The third-order valence-electron chi connectivity index (χ3n) is 2.93. The van der Waals surface area contributed by atoms with Crippen molar-refractivity contribution in [2.45, 2.75) is 13.2 Å². The summed E-state index contributed by atoms with van der Waals surface area (Å²) in [7, 11) is 0. The second kappa shape index (κ2) is 6.41. The summed E-state index contributed by atoms with van der Waals surface area (Å²) in [5.74, 6) is -0.306. The maximum Gasteiger partial charge on any atom is 0.255 e. The van der Waals surface area contributed by atoms with Crippen LogP contribution in [0.4, 0.5) is 5.69 Å². The second-order valence-electron chi connectivity index (χ2n) is 4.36. The number of anilines is 1. The van der Waals surface area contributed by atoms with E-state index in [0.29, 0.717) is 22.8 Å². The zero-order valence-corrected chi connectivity index (χ0v) is 11.5. The van der Waals surface area contributed by atoms with Gasteiger partial charge in [-0.25, -0.2) is 0 Å². The quantitative estimate of drug-likeness (QED) is 0.757. The van der Waals surface area contributed by atoms with Crippen molar-refractivity contribution in [2.75, 3.05) is 5.73 Å². The van der Waals surface area contributed by atoms with Crippen molar-refractivity contribution in [3.05, 3.63) is 64.2 Å². The lowest BCUT2D eigenvalue weighted by molar-refractivity contribution is 0.0952. The molecule has 5 heteroatoms. The molecule has 0 bridgehead atoms. The number of hydrogen-bond acceptors (Lipinski definition) is 3. The van der Waals surface area contributed by atoms with Crippen LogP contribution in [0.2, 0.25) is 5.02 Å². The topological polar surface area (TPSA) is 75.4 Å². The van der Waals surface area contributed by atoms with E-state index in [1.807, 2.05) is 24.3 Å². The molecule has 0 fully saturated rings. The Kier molecular flexibility index (Phi) is 4.61. The number of carbonyl (C=O) groups excluding carboxylic acids is 1. The van der Waals surface area contributed by atoms with Gasteiger partial charge in [-0.05, 0) is 23.3 Å². The molecule has 0 saturated carbocycles. The fourth-order valence-electron chi connectivity index (χ4n) is 1.81. The van der Waals surface area contributed by atoms with Crippen LogP contribution in [0.25, 0.3) is 0 Å². The minimum absolute atomic E-state index is 0.00277. The Morgan fingerprint density at radius 1 is 1.15 bits per heavy atom. The summed E-state index contributed by atoms with van der Waals surface area (Å²) in [6, 6.07) is 12.3. The Bertz CT molecular complexity index is 592. The second-order valence-corrected chi connectivity index (χ2v) is 4.77. The van der Waals surface area contributed by atoms with E-state index in [1.54, 1.807) is 18.2 Å². The first kappa shape index (κ1) is 14.4. The highest BCUT2D eigenvalue weighted by molar-refractivity contribution is 6.34. The van der Waals surface area contributed by atoms with Gasteiger partial charge < -0.3 is 16.2 Å². The minimum Gasteiger partial charge on any atom is -0.398 e. The molecule has 104 valence electrons. The molecular weight excluding hydrogens is 276 g/mol. The van der Waals surface area contributed by atoms with Crippen LogP contribution >= 0.6 is 11.6 Å². The number of aliphatic hydroxyl groups is 1. The molecular formula is C15H15ClN2O2. The van der Waals surface area contributed by atoms with E-state index in [2.05, 4.69) is 5.32 Å². The fourth-order valence-corrected chi connectivity index (χ4v) is 2.08. The number of hydrogen-bond donors (Lipinski definition) is 3. The maximum absolute atomic E-state index is 12.1. The Hall–Kier alpha value is -2.04. The molecule has 0 heterocycles. The lowest BCUT2D eigenvalue weighted by Crippen LogP contribution is -2.24. The van der Waals surface area contributed by atoms with Crippen LogP contribution < -0.4 is 11.1 Å². The lowest BCUT2D eigenvalue weighted by Gasteiger charge is -2.09. The molecule has 0 atom stereocenters. The number of nitrogens with one attached hydrogen (secondary N) is 1. The standard InChI is InChI=1S/C15H15ClN2O2/c16-12-2-1-3-13(17)14(12)15(20)18-8-10-4-6-11(9-19)7-5-10/h1-7,19H,8-9,17H2,(H,18,20). The number of nitrogen functional groups attached to an aromatic ring is 1. The molecule has 0 aromatic heterocycles. The van der Waals surface area contributed by atoms with E-state index in [-0.39, 0.29) is 12.5 Å². The highest BCUT2D eigenvalue weighted by Crippen LogP contribution is 2.21. The first-order valence-electron chi connectivity index (χ1n) is 6.12. The van der Waals surface area contributed by atoms with Crippen molar-refractivity contribution in [3.8, 4) is 0 Å². The fraction of sp³-hybridized carbons (Fsp3) is 0.133. The molecule has 2 aromatic carbocycles. The Morgan fingerprint density at radius 3 is 2.40 bits per heavy atom. The molecule has 0 aliphatic heterocycles. The normalized spacial score (nSPS) is 10.3. The van der Waals surface area contributed by atoms with Gasteiger partial charge in [-0.15, -0.1) is 0 Å². The van der Waals surface area contributed by atoms with Gasteiger partial charge in [0.05, 0.1) is 17.2 Å². The van der Waals surface area contributed by atoms with Gasteiger partial charge in [-0.1, -0.05) is 41.9 Å². The number of aliphatic hydroxyl groups excluding tert-OH is 1. The Labute approximate surface area is 122 Å². The summed E-state index contributed by atoms with van der Waals surface area (Å²) in [4.78, 5) is 12.1. The predicted molar refractivity (Wildman–Crippen MR) is 79.4 cm³/mol.